The van der Waals surface area contributed by atoms with Crippen LogP contribution >= 0.6 is 0 Å². The van der Waals surface area contributed by atoms with Crippen molar-refractivity contribution < 1.29 is 4.79 Å². The van der Waals surface area contributed by atoms with Gasteiger partial charge in [0.2, 0.25) is 5.91 Å². The quantitative estimate of drug-likeness (QED) is 0.813. The highest BCUT2D eigenvalue weighted by atomic mass is 16.2. The molecule has 0 saturated carbocycles. The Morgan fingerprint density at radius 3 is 2.68 bits per heavy atom. The third-order valence-electron chi connectivity index (χ3n) is 3.97. The number of benzene rings is 1. The lowest BCUT2D eigenvalue weighted by molar-refractivity contribution is -0.117. The molecule has 22 heavy (non-hydrogen) atoms. The van der Waals surface area contributed by atoms with E-state index in [4.69, 9.17) is 0 Å². The Bertz CT molecular complexity index is 672. The highest BCUT2D eigenvalue weighted by molar-refractivity contribution is 5.95. The van der Waals surface area contributed by atoms with Crippen LogP contribution in [-0.4, -0.2) is 16.9 Å². The summed E-state index contributed by atoms with van der Waals surface area (Å²) in [7, 11) is 0. The van der Waals surface area contributed by atoms with E-state index in [0.717, 1.165) is 16.8 Å². The number of carbonyl (C=O) groups excluding carboxylic acids is 1. The van der Waals surface area contributed by atoms with E-state index in [-0.39, 0.29) is 18.0 Å². The molecular weight excluding hydrogens is 276 g/mol. The van der Waals surface area contributed by atoms with Gasteiger partial charge < -0.3 is 5.32 Å². The fourth-order valence-corrected chi connectivity index (χ4v) is 2.72. The predicted octanol–water partition coefficient (Wildman–Crippen LogP) is 2.24. The van der Waals surface area contributed by atoms with Crippen LogP contribution in [0.4, 0.5) is 5.69 Å². The first kappa shape index (κ1) is 14.7. The van der Waals surface area contributed by atoms with E-state index in [2.05, 4.69) is 27.2 Å². The standard InChI is InChI=1S/C17H20N4O/c1-11-3-4-14(12(2)9-11)19-17(22)16-10-15(20-21-16)13-5-7-18-8-6-13/h3-9,15-16,20-21H,10H2,1-2H3,(H,19,22). The van der Waals surface area contributed by atoms with Gasteiger partial charge in [-0.2, -0.15) is 0 Å². The number of amides is 1. The molecule has 5 nitrogen and oxygen atoms in total. The van der Waals surface area contributed by atoms with Gasteiger partial charge in [0.15, 0.2) is 0 Å². The van der Waals surface area contributed by atoms with Crippen LogP contribution in [0, 0.1) is 13.8 Å². The zero-order valence-corrected chi connectivity index (χ0v) is 12.8. The molecule has 1 aromatic carbocycles. The summed E-state index contributed by atoms with van der Waals surface area (Å²) in [6.07, 6.45) is 4.24. The van der Waals surface area contributed by atoms with Gasteiger partial charge in [0, 0.05) is 24.1 Å². The monoisotopic (exact) mass is 296 g/mol. The van der Waals surface area contributed by atoms with Crippen molar-refractivity contribution in [1.82, 2.24) is 15.8 Å². The summed E-state index contributed by atoms with van der Waals surface area (Å²) in [5.41, 5.74) is 10.5. The average Bonchev–Trinajstić information content (AvgIpc) is 3.01. The fourth-order valence-electron chi connectivity index (χ4n) is 2.72. The Kier molecular flexibility index (Phi) is 4.18. The average molecular weight is 296 g/mol. The summed E-state index contributed by atoms with van der Waals surface area (Å²) in [6.45, 7) is 4.04. The fraction of sp³-hybridized carbons (Fsp3) is 0.294. The maximum absolute atomic E-state index is 12.4. The molecule has 0 bridgehead atoms. The maximum atomic E-state index is 12.4. The number of aryl methyl sites for hydroxylation is 2. The number of carbonyl (C=O) groups is 1. The number of hydrogen-bond acceptors (Lipinski definition) is 4. The molecule has 2 atom stereocenters. The van der Waals surface area contributed by atoms with E-state index in [0.29, 0.717) is 6.42 Å². The van der Waals surface area contributed by atoms with Crippen LogP contribution < -0.4 is 16.2 Å². The van der Waals surface area contributed by atoms with Crippen molar-refractivity contribution in [1.29, 1.82) is 0 Å². The molecule has 114 valence electrons. The number of hydrogen-bond donors (Lipinski definition) is 3. The lowest BCUT2D eigenvalue weighted by Crippen LogP contribution is -2.39. The van der Waals surface area contributed by atoms with Gasteiger partial charge in [-0.3, -0.25) is 9.78 Å². The summed E-state index contributed by atoms with van der Waals surface area (Å²) < 4.78 is 0. The molecule has 1 aliphatic heterocycles. The Hall–Kier alpha value is -2.24. The first-order valence-electron chi connectivity index (χ1n) is 7.42. The van der Waals surface area contributed by atoms with Gasteiger partial charge in [-0.25, -0.2) is 10.9 Å². The lowest BCUT2D eigenvalue weighted by atomic mass is 10.0. The highest BCUT2D eigenvalue weighted by Crippen LogP contribution is 2.23. The molecule has 0 aliphatic carbocycles. The van der Waals surface area contributed by atoms with Crippen LogP contribution in [0.3, 0.4) is 0 Å². The number of rotatable bonds is 3. The zero-order chi connectivity index (χ0) is 15.5. The normalized spacial score (nSPS) is 20.8. The van der Waals surface area contributed by atoms with E-state index in [9.17, 15) is 4.79 Å². The summed E-state index contributed by atoms with van der Waals surface area (Å²) >= 11 is 0. The van der Waals surface area contributed by atoms with Crippen LogP contribution in [0.5, 0.6) is 0 Å². The number of nitrogens with zero attached hydrogens (tertiary/aromatic N) is 1. The summed E-state index contributed by atoms with van der Waals surface area (Å²) in [6, 6.07) is 9.81. The van der Waals surface area contributed by atoms with Crippen LogP contribution in [-0.2, 0) is 4.79 Å². The molecule has 2 heterocycles. The van der Waals surface area contributed by atoms with E-state index in [1.807, 2.05) is 38.1 Å². The van der Waals surface area contributed by atoms with E-state index in [1.54, 1.807) is 12.4 Å². The second-order valence-corrected chi connectivity index (χ2v) is 5.72. The SMILES string of the molecule is Cc1ccc(NC(=O)C2CC(c3ccncc3)NN2)c(C)c1. The summed E-state index contributed by atoms with van der Waals surface area (Å²) in [5.74, 6) is -0.0176. The molecule has 1 aliphatic rings. The number of aromatic nitrogens is 1. The number of nitrogens with one attached hydrogen (secondary N) is 3. The van der Waals surface area contributed by atoms with Gasteiger partial charge in [0.05, 0.1) is 0 Å². The molecule has 3 rings (SSSR count). The number of anilines is 1. The highest BCUT2D eigenvalue weighted by Gasteiger charge is 2.30. The van der Waals surface area contributed by atoms with E-state index in [1.165, 1.54) is 5.56 Å². The minimum Gasteiger partial charge on any atom is -0.324 e. The van der Waals surface area contributed by atoms with Gasteiger partial charge in [0.25, 0.3) is 0 Å². The smallest absolute Gasteiger partial charge is 0.242 e. The third-order valence-corrected chi connectivity index (χ3v) is 3.97. The van der Waals surface area contributed by atoms with Crippen LogP contribution in [0.1, 0.15) is 29.2 Å². The molecular formula is C17H20N4O. The van der Waals surface area contributed by atoms with Gasteiger partial charge in [-0.1, -0.05) is 17.7 Å². The van der Waals surface area contributed by atoms with Crippen molar-refractivity contribution in [2.45, 2.75) is 32.4 Å². The molecule has 0 radical (unpaired) electrons. The topological polar surface area (TPSA) is 66.0 Å². The third kappa shape index (κ3) is 3.16. The first-order valence-corrected chi connectivity index (χ1v) is 7.42. The largest absolute Gasteiger partial charge is 0.324 e. The van der Waals surface area contributed by atoms with Gasteiger partial charge in [-0.05, 0) is 49.6 Å². The lowest BCUT2D eigenvalue weighted by Gasteiger charge is -2.13. The van der Waals surface area contributed by atoms with Crippen molar-refractivity contribution in [3.8, 4) is 0 Å². The Morgan fingerprint density at radius 2 is 1.95 bits per heavy atom. The van der Waals surface area contributed by atoms with Crippen LogP contribution in [0.25, 0.3) is 0 Å². The number of hydrazine groups is 1. The van der Waals surface area contributed by atoms with Crippen molar-refractivity contribution in [2.75, 3.05) is 5.32 Å². The Labute approximate surface area is 130 Å². The Balaban J connectivity index is 1.64. The van der Waals surface area contributed by atoms with Crippen LogP contribution in [0.15, 0.2) is 42.7 Å². The number of pyridine rings is 1. The molecule has 1 saturated heterocycles. The molecule has 1 aromatic heterocycles. The second-order valence-electron chi connectivity index (χ2n) is 5.72. The first-order chi connectivity index (χ1) is 10.6. The molecule has 2 unspecified atom stereocenters. The second kappa shape index (κ2) is 6.25. The van der Waals surface area contributed by atoms with Crippen molar-refractivity contribution in [3.63, 3.8) is 0 Å². The minimum absolute atomic E-state index is 0.0176. The minimum atomic E-state index is -0.251. The summed E-state index contributed by atoms with van der Waals surface area (Å²) in [5, 5.41) is 3.00. The molecule has 2 aromatic rings. The van der Waals surface area contributed by atoms with E-state index < -0.39 is 0 Å². The molecule has 1 fully saturated rings. The molecule has 0 spiro atoms. The maximum Gasteiger partial charge on any atom is 0.242 e. The molecule has 5 heteroatoms. The van der Waals surface area contributed by atoms with E-state index >= 15 is 0 Å². The van der Waals surface area contributed by atoms with Crippen LogP contribution in [0.2, 0.25) is 0 Å². The molecule has 1 amide bonds. The zero-order valence-electron chi connectivity index (χ0n) is 12.8. The van der Waals surface area contributed by atoms with Gasteiger partial charge in [-0.15, -0.1) is 0 Å². The molecule has 3 N–H and O–H groups in total. The Morgan fingerprint density at radius 1 is 1.18 bits per heavy atom. The van der Waals surface area contributed by atoms with Crippen molar-refractivity contribution in [3.05, 3.63) is 59.4 Å². The summed E-state index contributed by atoms with van der Waals surface area (Å²) in [4.78, 5) is 16.4. The van der Waals surface area contributed by atoms with Crippen molar-refractivity contribution in [2.24, 2.45) is 0 Å². The van der Waals surface area contributed by atoms with Crippen molar-refractivity contribution >= 4 is 11.6 Å². The van der Waals surface area contributed by atoms with Gasteiger partial charge in [0.1, 0.15) is 6.04 Å². The predicted molar refractivity (Wildman–Crippen MR) is 86.2 cm³/mol. The van der Waals surface area contributed by atoms with Gasteiger partial charge >= 0.3 is 0 Å².